The van der Waals surface area contributed by atoms with Crippen molar-refractivity contribution in [3.63, 3.8) is 0 Å². The summed E-state index contributed by atoms with van der Waals surface area (Å²) >= 11 is 6.65. The van der Waals surface area contributed by atoms with Crippen molar-refractivity contribution in [2.75, 3.05) is 14.2 Å². The van der Waals surface area contributed by atoms with E-state index < -0.39 is 0 Å². The van der Waals surface area contributed by atoms with Crippen LogP contribution in [-0.4, -0.2) is 14.2 Å². The molecular formula is C16H19ClO3. The van der Waals surface area contributed by atoms with Crippen LogP contribution in [0.2, 0.25) is 0 Å². The first-order valence-corrected chi connectivity index (χ1v) is 6.85. The number of benzene rings is 1. The Kier molecular flexibility index (Phi) is 4.29. The Morgan fingerprint density at radius 3 is 2.25 bits per heavy atom. The fourth-order valence-electron chi connectivity index (χ4n) is 2.37. The molecule has 0 bridgehead atoms. The van der Waals surface area contributed by atoms with E-state index in [1.165, 1.54) is 0 Å². The van der Waals surface area contributed by atoms with Gasteiger partial charge in [0, 0.05) is 17.2 Å². The van der Waals surface area contributed by atoms with E-state index in [0.717, 1.165) is 34.0 Å². The van der Waals surface area contributed by atoms with E-state index in [2.05, 4.69) is 0 Å². The zero-order valence-corrected chi connectivity index (χ0v) is 13.2. The molecule has 1 aromatic heterocycles. The number of halogens is 1. The number of rotatable bonds is 4. The van der Waals surface area contributed by atoms with Crippen molar-refractivity contribution in [1.29, 1.82) is 0 Å². The molecule has 1 unspecified atom stereocenters. The van der Waals surface area contributed by atoms with Crippen molar-refractivity contribution in [3.8, 4) is 11.5 Å². The van der Waals surface area contributed by atoms with Gasteiger partial charge in [-0.05, 0) is 38.5 Å². The van der Waals surface area contributed by atoms with Gasteiger partial charge < -0.3 is 13.9 Å². The molecule has 3 nitrogen and oxygen atoms in total. The molecule has 0 aliphatic rings. The van der Waals surface area contributed by atoms with Crippen LogP contribution in [0, 0.1) is 20.8 Å². The predicted octanol–water partition coefficient (Wildman–Crippen LogP) is 4.55. The first-order valence-electron chi connectivity index (χ1n) is 6.42. The number of hydrogen-bond donors (Lipinski definition) is 0. The smallest absolute Gasteiger partial charge is 0.127 e. The van der Waals surface area contributed by atoms with Crippen LogP contribution in [0.3, 0.4) is 0 Å². The van der Waals surface area contributed by atoms with Crippen LogP contribution < -0.4 is 9.47 Å². The summed E-state index contributed by atoms with van der Waals surface area (Å²) in [4.78, 5) is 0. The summed E-state index contributed by atoms with van der Waals surface area (Å²) in [5.74, 6) is 3.20. The second kappa shape index (κ2) is 5.80. The van der Waals surface area contributed by atoms with Gasteiger partial charge in [-0.1, -0.05) is 0 Å². The largest absolute Gasteiger partial charge is 0.497 e. The molecule has 0 saturated carbocycles. The zero-order chi connectivity index (χ0) is 14.9. The van der Waals surface area contributed by atoms with Crippen LogP contribution in [0.15, 0.2) is 22.6 Å². The number of methoxy groups -OCH3 is 2. The van der Waals surface area contributed by atoms with Gasteiger partial charge in [-0.25, -0.2) is 0 Å². The van der Waals surface area contributed by atoms with Crippen molar-refractivity contribution in [2.45, 2.75) is 26.1 Å². The van der Waals surface area contributed by atoms with Crippen molar-refractivity contribution in [3.05, 3.63) is 46.4 Å². The first kappa shape index (κ1) is 14.8. The molecule has 0 amide bonds. The molecule has 0 aliphatic heterocycles. The summed E-state index contributed by atoms with van der Waals surface area (Å²) in [6.45, 7) is 5.90. The van der Waals surface area contributed by atoms with Gasteiger partial charge in [0.1, 0.15) is 23.0 Å². The SMILES string of the molecule is COc1ccc(C(Cl)c2c(C)oc(C)c2C)c(OC)c1. The Bertz CT molecular complexity index is 616. The topological polar surface area (TPSA) is 31.6 Å². The van der Waals surface area contributed by atoms with Crippen molar-refractivity contribution in [2.24, 2.45) is 0 Å². The third-order valence-electron chi connectivity index (χ3n) is 3.58. The minimum atomic E-state index is -0.312. The molecule has 0 saturated heterocycles. The quantitative estimate of drug-likeness (QED) is 0.775. The summed E-state index contributed by atoms with van der Waals surface area (Å²) in [5.41, 5.74) is 3.00. The van der Waals surface area contributed by atoms with Crippen LogP contribution in [0.25, 0.3) is 0 Å². The maximum Gasteiger partial charge on any atom is 0.127 e. The van der Waals surface area contributed by atoms with Crippen LogP contribution in [0.1, 0.15) is 33.6 Å². The fourth-order valence-corrected chi connectivity index (χ4v) is 2.86. The lowest BCUT2D eigenvalue weighted by Gasteiger charge is -2.15. The van der Waals surface area contributed by atoms with E-state index in [9.17, 15) is 0 Å². The summed E-state index contributed by atoms with van der Waals surface area (Å²) in [7, 11) is 3.25. The van der Waals surface area contributed by atoms with E-state index in [1.54, 1.807) is 14.2 Å². The highest BCUT2D eigenvalue weighted by atomic mass is 35.5. The summed E-state index contributed by atoms with van der Waals surface area (Å²) < 4.78 is 16.3. The number of aryl methyl sites for hydroxylation is 2. The number of ether oxygens (including phenoxy) is 2. The van der Waals surface area contributed by atoms with Crippen LogP contribution >= 0.6 is 11.6 Å². The molecule has 0 spiro atoms. The number of alkyl halides is 1. The van der Waals surface area contributed by atoms with Crippen LogP contribution in [0.5, 0.6) is 11.5 Å². The zero-order valence-electron chi connectivity index (χ0n) is 12.4. The van der Waals surface area contributed by atoms with Crippen molar-refractivity contribution in [1.82, 2.24) is 0 Å². The van der Waals surface area contributed by atoms with Crippen LogP contribution in [0.4, 0.5) is 0 Å². The van der Waals surface area contributed by atoms with Gasteiger partial charge in [0.15, 0.2) is 0 Å². The molecular weight excluding hydrogens is 276 g/mol. The maximum absolute atomic E-state index is 6.65. The lowest BCUT2D eigenvalue weighted by Crippen LogP contribution is -2.00. The minimum Gasteiger partial charge on any atom is -0.497 e. The Morgan fingerprint density at radius 1 is 1.05 bits per heavy atom. The summed E-state index contributed by atoms with van der Waals surface area (Å²) in [5, 5.41) is -0.312. The lowest BCUT2D eigenvalue weighted by atomic mass is 10.00. The second-order valence-corrected chi connectivity index (χ2v) is 5.16. The van der Waals surface area contributed by atoms with Gasteiger partial charge in [0.25, 0.3) is 0 Å². The third-order valence-corrected chi connectivity index (χ3v) is 4.04. The molecule has 1 atom stereocenters. The molecule has 4 heteroatoms. The molecule has 108 valence electrons. The molecule has 2 aromatic rings. The van der Waals surface area contributed by atoms with E-state index in [-0.39, 0.29) is 5.38 Å². The molecule has 0 radical (unpaired) electrons. The lowest BCUT2D eigenvalue weighted by molar-refractivity contribution is 0.391. The highest BCUT2D eigenvalue weighted by Gasteiger charge is 2.23. The fraction of sp³-hybridized carbons (Fsp3) is 0.375. The minimum absolute atomic E-state index is 0.312. The normalized spacial score (nSPS) is 12.3. The monoisotopic (exact) mass is 294 g/mol. The van der Waals surface area contributed by atoms with E-state index in [4.69, 9.17) is 25.5 Å². The summed E-state index contributed by atoms with van der Waals surface area (Å²) in [6.07, 6.45) is 0. The highest BCUT2D eigenvalue weighted by molar-refractivity contribution is 6.23. The Labute approximate surface area is 124 Å². The second-order valence-electron chi connectivity index (χ2n) is 4.72. The van der Waals surface area contributed by atoms with Gasteiger partial charge in [0.05, 0.1) is 19.6 Å². The van der Waals surface area contributed by atoms with Gasteiger partial charge in [-0.15, -0.1) is 11.6 Å². The standard InChI is InChI=1S/C16H19ClO3/c1-9-10(2)20-11(3)15(9)16(17)13-7-6-12(18-4)8-14(13)19-5/h6-8,16H,1-5H3. The Morgan fingerprint density at radius 2 is 1.75 bits per heavy atom. The van der Waals surface area contributed by atoms with Crippen LogP contribution in [-0.2, 0) is 0 Å². The Hall–Kier alpha value is -1.61. The molecule has 2 rings (SSSR count). The highest BCUT2D eigenvalue weighted by Crippen LogP contribution is 2.40. The van der Waals surface area contributed by atoms with Gasteiger partial charge in [0.2, 0.25) is 0 Å². The molecule has 0 aliphatic carbocycles. The maximum atomic E-state index is 6.65. The van der Waals surface area contributed by atoms with E-state index in [0.29, 0.717) is 5.75 Å². The average molecular weight is 295 g/mol. The van der Waals surface area contributed by atoms with E-state index >= 15 is 0 Å². The predicted molar refractivity (Wildman–Crippen MR) is 80.2 cm³/mol. The first-order chi connectivity index (χ1) is 9.49. The molecule has 1 heterocycles. The van der Waals surface area contributed by atoms with Gasteiger partial charge in [-0.3, -0.25) is 0 Å². The number of furan rings is 1. The van der Waals surface area contributed by atoms with Gasteiger partial charge in [-0.2, -0.15) is 0 Å². The molecule has 1 aromatic carbocycles. The summed E-state index contributed by atoms with van der Waals surface area (Å²) in [6, 6.07) is 5.64. The number of hydrogen-bond acceptors (Lipinski definition) is 3. The Balaban J connectivity index is 2.50. The van der Waals surface area contributed by atoms with E-state index in [1.807, 2.05) is 39.0 Å². The molecule has 0 fully saturated rings. The van der Waals surface area contributed by atoms with Crippen molar-refractivity contribution >= 4 is 11.6 Å². The third kappa shape index (κ3) is 2.50. The van der Waals surface area contributed by atoms with Gasteiger partial charge >= 0.3 is 0 Å². The van der Waals surface area contributed by atoms with Crippen molar-refractivity contribution < 1.29 is 13.9 Å². The molecule has 20 heavy (non-hydrogen) atoms. The average Bonchev–Trinajstić information content (AvgIpc) is 2.70. The molecule has 0 N–H and O–H groups in total.